The minimum atomic E-state index is 0.633. The molecule has 0 spiro atoms. The van der Waals surface area contributed by atoms with Crippen molar-refractivity contribution >= 4 is 5.82 Å². The molecule has 4 nitrogen and oxygen atoms in total. The van der Waals surface area contributed by atoms with Gasteiger partial charge in [-0.2, -0.15) is 0 Å². The van der Waals surface area contributed by atoms with E-state index >= 15 is 0 Å². The van der Waals surface area contributed by atoms with E-state index in [4.69, 9.17) is 5.84 Å². The third kappa shape index (κ3) is 1.70. The molecule has 70 valence electrons. The average molecular weight is 186 g/mol. The molecule has 0 atom stereocenters. The molecule has 0 aliphatic heterocycles. The summed E-state index contributed by atoms with van der Waals surface area (Å²) >= 11 is 0. The minimum Gasteiger partial charge on any atom is -0.308 e. The van der Waals surface area contributed by atoms with E-state index in [1.54, 1.807) is 12.4 Å². The number of nitrogen functional groups attached to an aromatic ring is 1. The molecule has 0 bridgehead atoms. The number of hydrogen-bond acceptors (Lipinski definition) is 4. The summed E-state index contributed by atoms with van der Waals surface area (Å²) in [4.78, 5) is 8.25. The van der Waals surface area contributed by atoms with Crippen LogP contribution in [-0.4, -0.2) is 9.97 Å². The van der Waals surface area contributed by atoms with Gasteiger partial charge in [-0.3, -0.25) is 4.98 Å². The zero-order valence-corrected chi connectivity index (χ0v) is 7.51. The minimum absolute atomic E-state index is 0.633. The summed E-state index contributed by atoms with van der Waals surface area (Å²) in [5.41, 5.74) is 4.40. The van der Waals surface area contributed by atoms with E-state index in [1.165, 1.54) is 0 Å². The number of nitrogens with one attached hydrogen (secondary N) is 1. The molecule has 0 aliphatic carbocycles. The highest BCUT2D eigenvalue weighted by atomic mass is 15.2. The maximum Gasteiger partial charge on any atom is 0.140 e. The second-order valence-electron chi connectivity index (χ2n) is 2.79. The lowest BCUT2D eigenvalue weighted by Gasteiger charge is -2.02. The highest BCUT2D eigenvalue weighted by Crippen LogP contribution is 2.17. The van der Waals surface area contributed by atoms with Crippen LogP contribution in [0, 0.1) is 0 Å². The number of pyridine rings is 2. The molecule has 0 amide bonds. The topological polar surface area (TPSA) is 63.8 Å². The predicted molar refractivity (Wildman–Crippen MR) is 55.3 cm³/mol. The van der Waals surface area contributed by atoms with E-state index in [1.807, 2.05) is 30.3 Å². The van der Waals surface area contributed by atoms with Crippen molar-refractivity contribution in [3.05, 3.63) is 42.7 Å². The van der Waals surface area contributed by atoms with Crippen molar-refractivity contribution in [3.63, 3.8) is 0 Å². The standard InChI is InChI=1S/C10H10N4/c11-14-10-7-8(4-6-13-10)9-3-1-2-5-12-9/h1-7H,11H2,(H,13,14). The quantitative estimate of drug-likeness (QED) is 0.550. The maximum absolute atomic E-state index is 5.26. The van der Waals surface area contributed by atoms with Crippen molar-refractivity contribution in [3.8, 4) is 11.3 Å². The highest BCUT2D eigenvalue weighted by molar-refractivity contribution is 5.62. The zero-order valence-electron chi connectivity index (χ0n) is 7.51. The second-order valence-corrected chi connectivity index (χ2v) is 2.79. The Morgan fingerprint density at radius 3 is 2.71 bits per heavy atom. The number of nitrogens with zero attached hydrogens (tertiary/aromatic N) is 2. The van der Waals surface area contributed by atoms with E-state index in [9.17, 15) is 0 Å². The van der Waals surface area contributed by atoms with Gasteiger partial charge in [-0.05, 0) is 24.3 Å². The molecule has 0 aliphatic rings. The highest BCUT2D eigenvalue weighted by Gasteiger charge is 1.98. The van der Waals surface area contributed by atoms with Crippen molar-refractivity contribution in [2.24, 2.45) is 5.84 Å². The van der Waals surface area contributed by atoms with Crippen LogP contribution in [0.1, 0.15) is 0 Å². The van der Waals surface area contributed by atoms with Crippen LogP contribution < -0.4 is 11.3 Å². The van der Waals surface area contributed by atoms with E-state index in [0.717, 1.165) is 11.3 Å². The molecule has 3 N–H and O–H groups in total. The molecule has 0 radical (unpaired) electrons. The van der Waals surface area contributed by atoms with Crippen molar-refractivity contribution in [2.75, 3.05) is 5.43 Å². The van der Waals surface area contributed by atoms with Crippen LogP contribution in [0.25, 0.3) is 11.3 Å². The predicted octanol–water partition coefficient (Wildman–Crippen LogP) is 1.43. The molecule has 2 aromatic rings. The van der Waals surface area contributed by atoms with Crippen LogP contribution in [0.5, 0.6) is 0 Å². The van der Waals surface area contributed by atoms with Crippen LogP contribution >= 0.6 is 0 Å². The molecule has 2 aromatic heterocycles. The van der Waals surface area contributed by atoms with E-state index in [2.05, 4.69) is 15.4 Å². The number of aromatic nitrogens is 2. The molecule has 4 heteroatoms. The molecule has 0 aromatic carbocycles. The summed E-state index contributed by atoms with van der Waals surface area (Å²) in [5, 5.41) is 0. The Bertz CT molecular complexity index is 413. The van der Waals surface area contributed by atoms with Gasteiger partial charge in [0.05, 0.1) is 5.69 Å². The normalized spacial score (nSPS) is 9.79. The third-order valence-electron chi connectivity index (χ3n) is 1.87. The molecule has 0 unspecified atom stereocenters. The number of hydrazine groups is 1. The molecular weight excluding hydrogens is 176 g/mol. The number of rotatable bonds is 2. The number of hydrogen-bond donors (Lipinski definition) is 2. The lowest BCUT2D eigenvalue weighted by Crippen LogP contribution is -2.08. The molecule has 14 heavy (non-hydrogen) atoms. The Hall–Kier alpha value is -1.94. The van der Waals surface area contributed by atoms with Gasteiger partial charge in [0.25, 0.3) is 0 Å². The average Bonchev–Trinajstić information content (AvgIpc) is 2.30. The van der Waals surface area contributed by atoms with Gasteiger partial charge in [0, 0.05) is 18.0 Å². The summed E-state index contributed by atoms with van der Waals surface area (Å²) in [6.45, 7) is 0. The molecular formula is C10H10N4. The summed E-state index contributed by atoms with van der Waals surface area (Å²) < 4.78 is 0. The molecule has 2 heterocycles. The van der Waals surface area contributed by atoms with Crippen LogP contribution in [0.15, 0.2) is 42.7 Å². The monoisotopic (exact) mass is 186 g/mol. The van der Waals surface area contributed by atoms with E-state index in [0.29, 0.717) is 5.82 Å². The van der Waals surface area contributed by atoms with Crippen molar-refractivity contribution < 1.29 is 0 Å². The van der Waals surface area contributed by atoms with Gasteiger partial charge in [-0.1, -0.05) is 6.07 Å². The van der Waals surface area contributed by atoms with Gasteiger partial charge in [-0.15, -0.1) is 0 Å². The van der Waals surface area contributed by atoms with Crippen LogP contribution in [0.4, 0.5) is 5.82 Å². The fourth-order valence-electron chi connectivity index (χ4n) is 1.20. The van der Waals surface area contributed by atoms with E-state index < -0.39 is 0 Å². The van der Waals surface area contributed by atoms with Crippen LogP contribution in [-0.2, 0) is 0 Å². The Labute approximate surface area is 81.8 Å². The lowest BCUT2D eigenvalue weighted by molar-refractivity contribution is 1.22. The number of nitrogens with two attached hydrogens (primary N) is 1. The van der Waals surface area contributed by atoms with Gasteiger partial charge in [0.15, 0.2) is 0 Å². The van der Waals surface area contributed by atoms with Gasteiger partial charge in [-0.25, -0.2) is 10.8 Å². The number of anilines is 1. The van der Waals surface area contributed by atoms with Crippen molar-refractivity contribution in [1.82, 2.24) is 9.97 Å². The third-order valence-corrected chi connectivity index (χ3v) is 1.87. The molecule has 0 saturated heterocycles. The van der Waals surface area contributed by atoms with E-state index in [-0.39, 0.29) is 0 Å². The Balaban J connectivity index is 2.42. The van der Waals surface area contributed by atoms with Gasteiger partial charge < -0.3 is 5.43 Å². The molecule has 0 saturated carbocycles. The first-order chi connectivity index (χ1) is 6.90. The molecule has 0 fully saturated rings. The first-order valence-corrected chi connectivity index (χ1v) is 4.24. The van der Waals surface area contributed by atoms with Crippen LogP contribution in [0.3, 0.4) is 0 Å². The largest absolute Gasteiger partial charge is 0.308 e. The maximum atomic E-state index is 5.26. The van der Waals surface area contributed by atoms with Gasteiger partial charge in [0.1, 0.15) is 5.82 Å². The summed E-state index contributed by atoms with van der Waals surface area (Å²) in [6, 6.07) is 9.51. The summed E-state index contributed by atoms with van der Waals surface area (Å²) in [5.74, 6) is 5.90. The smallest absolute Gasteiger partial charge is 0.140 e. The molecule has 2 rings (SSSR count). The Kier molecular flexibility index (Phi) is 2.38. The lowest BCUT2D eigenvalue weighted by atomic mass is 10.2. The first-order valence-electron chi connectivity index (χ1n) is 4.24. The van der Waals surface area contributed by atoms with Gasteiger partial charge in [0.2, 0.25) is 0 Å². The first kappa shape index (κ1) is 8.65. The summed E-state index contributed by atoms with van der Waals surface area (Å²) in [6.07, 6.45) is 3.45. The SMILES string of the molecule is NNc1cc(-c2ccccn2)ccn1. The fraction of sp³-hybridized carbons (Fsp3) is 0. The fourth-order valence-corrected chi connectivity index (χ4v) is 1.20. The zero-order chi connectivity index (χ0) is 9.80. The Morgan fingerprint density at radius 2 is 2.00 bits per heavy atom. The second kappa shape index (κ2) is 3.85. The van der Waals surface area contributed by atoms with Crippen LogP contribution in [0.2, 0.25) is 0 Å². The Morgan fingerprint density at radius 1 is 1.07 bits per heavy atom. The van der Waals surface area contributed by atoms with Gasteiger partial charge >= 0.3 is 0 Å². The van der Waals surface area contributed by atoms with Crippen molar-refractivity contribution in [2.45, 2.75) is 0 Å². The summed E-state index contributed by atoms with van der Waals surface area (Å²) in [7, 11) is 0. The van der Waals surface area contributed by atoms with Crippen molar-refractivity contribution in [1.29, 1.82) is 0 Å².